The first-order chi connectivity index (χ1) is 7.75. The Morgan fingerprint density at radius 3 is 2.50 bits per heavy atom. The standard InChI is InChI=1S/C12H18N2O2/c1-11-2-4-12(5-3-11)14(15)10-13-6-8-16-9-7-13/h2-5,15H,6-10H2,1H3. The molecule has 16 heavy (non-hydrogen) atoms. The third-order valence-corrected chi connectivity index (χ3v) is 2.77. The molecule has 0 radical (unpaired) electrons. The number of rotatable bonds is 3. The molecule has 0 spiro atoms. The van der Waals surface area contributed by atoms with Crippen LogP contribution in [0.15, 0.2) is 24.3 Å². The summed E-state index contributed by atoms with van der Waals surface area (Å²) in [6.45, 7) is 5.83. The lowest BCUT2D eigenvalue weighted by Gasteiger charge is -2.30. The maximum Gasteiger partial charge on any atom is 0.0975 e. The van der Waals surface area contributed by atoms with E-state index in [1.807, 2.05) is 31.2 Å². The number of anilines is 1. The van der Waals surface area contributed by atoms with E-state index >= 15 is 0 Å². The number of benzene rings is 1. The zero-order valence-corrected chi connectivity index (χ0v) is 9.59. The zero-order valence-electron chi connectivity index (χ0n) is 9.59. The van der Waals surface area contributed by atoms with Gasteiger partial charge in [0, 0.05) is 13.1 Å². The highest BCUT2D eigenvalue weighted by Crippen LogP contribution is 2.13. The molecule has 0 bridgehead atoms. The van der Waals surface area contributed by atoms with E-state index in [1.54, 1.807) is 0 Å². The molecule has 0 aliphatic carbocycles. The van der Waals surface area contributed by atoms with Crippen molar-refractivity contribution in [3.8, 4) is 0 Å². The second kappa shape index (κ2) is 5.30. The third-order valence-electron chi connectivity index (χ3n) is 2.77. The van der Waals surface area contributed by atoms with Crippen molar-refractivity contribution in [3.63, 3.8) is 0 Å². The smallest absolute Gasteiger partial charge is 0.0975 e. The Hall–Kier alpha value is -1.10. The SMILES string of the molecule is Cc1ccc(N(O)CN2CCOCC2)cc1. The van der Waals surface area contributed by atoms with Crippen LogP contribution in [0.4, 0.5) is 5.69 Å². The molecule has 2 rings (SSSR count). The molecule has 1 saturated heterocycles. The number of morpholine rings is 1. The molecule has 1 heterocycles. The van der Waals surface area contributed by atoms with E-state index in [0.29, 0.717) is 6.67 Å². The second-order valence-electron chi connectivity index (χ2n) is 4.11. The van der Waals surface area contributed by atoms with Crippen molar-refractivity contribution in [2.45, 2.75) is 6.92 Å². The van der Waals surface area contributed by atoms with Crippen LogP contribution in [0.2, 0.25) is 0 Å². The molecule has 0 amide bonds. The van der Waals surface area contributed by atoms with Crippen LogP contribution in [-0.4, -0.2) is 43.1 Å². The van der Waals surface area contributed by atoms with Crippen molar-refractivity contribution in [2.24, 2.45) is 0 Å². The van der Waals surface area contributed by atoms with Gasteiger partial charge in [0.15, 0.2) is 0 Å². The maximum atomic E-state index is 9.91. The van der Waals surface area contributed by atoms with E-state index in [0.717, 1.165) is 32.0 Å². The van der Waals surface area contributed by atoms with Crippen molar-refractivity contribution in [1.29, 1.82) is 0 Å². The Labute approximate surface area is 96.0 Å². The molecule has 1 fully saturated rings. The summed E-state index contributed by atoms with van der Waals surface area (Å²) in [5.41, 5.74) is 2.03. The van der Waals surface area contributed by atoms with E-state index in [-0.39, 0.29) is 0 Å². The Balaban J connectivity index is 1.91. The fourth-order valence-corrected chi connectivity index (χ4v) is 1.73. The van der Waals surface area contributed by atoms with Gasteiger partial charge in [0.1, 0.15) is 0 Å². The highest BCUT2D eigenvalue weighted by atomic mass is 16.5. The third kappa shape index (κ3) is 2.95. The van der Waals surface area contributed by atoms with E-state index in [4.69, 9.17) is 4.74 Å². The molecule has 1 aromatic rings. The Kier molecular flexibility index (Phi) is 3.77. The van der Waals surface area contributed by atoms with Crippen molar-refractivity contribution in [3.05, 3.63) is 29.8 Å². The first kappa shape index (κ1) is 11.4. The van der Waals surface area contributed by atoms with Gasteiger partial charge in [-0.05, 0) is 19.1 Å². The number of nitrogens with zero attached hydrogens (tertiary/aromatic N) is 2. The summed E-state index contributed by atoms with van der Waals surface area (Å²) in [5, 5.41) is 11.2. The van der Waals surface area contributed by atoms with Crippen LogP contribution in [0.25, 0.3) is 0 Å². The summed E-state index contributed by atoms with van der Waals surface area (Å²) in [4.78, 5) is 2.17. The number of hydroxylamine groups is 1. The topological polar surface area (TPSA) is 35.9 Å². The summed E-state index contributed by atoms with van der Waals surface area (Å²) in [5.74, 6) is 0. The van der Waals surface area contributed by atoms with Crippen LogP contribution in [0.5, 0.6) is 0 Å². The average molecular weight is 222 g/mol. The van der Waals surface area contributed by atoms with Gasteiger partial charge in [-0.2, -0.15) is 0 Å². The van der Waals surface area contributed by atoms with E-state index < -0.39 is 0 Å². The predicted molar refractivity (Wildman–Crippen MR) is 62.7 cm³/mol. The van der Waals surface area contributed by atoms with Crippen LogP contribution in [0, 0.1) is 6.92 Å². The zero-order chi connectivity index (χ0) is 11.4. The van der Waals surface area contributed by atoms with E-state index in [2.05, 4.69) is 4.90 Å². The van der Waals surface area contributed by atoms with Crippen LogP contribution in [0.1, 0.15) is 5.56 Å². The lowest BCUT2D eigenvalue weighted by atomic mass is 10.2. The minimum absolute atomic E-state index is 0.534. The molecular weight excluding hydrogens is 204 g/mol. The normalized spacial score (nSPS) is 17.4. The van der Waals surface area contributed by atoms with Gasteiger partial charge in [0.05, 0.1) is 25.6 Å². The molecule has 0 aromatic heterocycles. The van der Waals surface area contributed by atoms with E-state index in [1.165, 1.54) is 10.6 Å². The molecule has 1 aromatic carbocycles. The molecule has 0 unspecified atom stereocenters. The molecule has 4 heteroatoms. The quantitative estimate of drug-likeness (QED) is 0.786. The maximum absolute atomic E-state index is 9.91. The van der Waals surface area contributed by atoms with Gasteiger partial charge >= 0.3 is 0 Å². The Bertz CT molecular complexity index is 320. The summed E-state index contributed by atoms with van der Waals surface area (Å²) < 4.78 is 5.26. The van der Waals surface area contributed by atoms with Crippen LogP contribution in [0.3, 0.4) is 0 Å². The fourth-order valence-electron chi connectivity index (χ4n) is 1.73. The van der Waals surface area contributed by atoms with Gasteiger partial charge in [-0.3, -0.25) is 10.1 Å². The minimum Gasteiger partial charge on any atom is -0.379 e. The second-order valence-corrected chi connectivity index (χ2v) is 4.11. The van der Waals surface area contributed by atoms with Gasteiger partial charge in [-0.25, -0.2) is 5.06 Å². The Morgan fingerprint density at radius 2 is 1.88 bits per heavy atom. The van der Waals surface area contributed by atoms with Gasteiger partial charge in [-0.15, -0.1) is 0 Å². The molecule has 88 valence electrons. The summed E-state index contributed by atoms with van der Waals surface area (Å²) >= 11 is 0. The highest BCUT2D eigenvalue weighted by Gasteiger charge is 2.13. The molecule has 0 atom stereocenters. The van der Waals surface area contributed by atoms with Gasteiger partial charge in [0.2, 0.25) is 0 Å². The van der Waals surface area contributed by atoms with E-state index in [9.17, 15) is 5.21 Å². The summed E-state index contributed by atoms with van der Waals surface area (Å²) in [6, 6.07) is 7.85. The van der Waals surface area contributed by atoms with Gasteiger partial charge in [-0.1, -0.05) is 17.7 Å². The van der Waals surface area contributed by atoms with Crippen LogP contribution >= 0.6 is 0 Å². The molecular formula is C12H18N2O2. The van der Waals surface area contributed by atoms with Crippen LogP contribution < -0.4 is 5.06 Å². The summed E-state index contributed by atoms with van der Waals surface area (Å²) in [7, 11) is 0. The Morgan fingerprint density at radius 1 is 1.25 bits per heavy atom. The lowest BCUT2D eigenvalue weighted by Crippen LogP contribution is -2.43. The first-order valence-electron chi connectivity index (χ1n) is 5.59. The number of ether oxygens (including phenoxy) is 1. The van der Waals surface area contributed by atoms with Gasteiger partial charge < -0.3 is 4.74 Å². The summed E-state index contributed by atoms with van der Waals surface area (Å²) in [6.07, 6.45) is 0. The first-order valence-corrected chi connectivity index (χ1v) is 5.59. The monoisotopic (exact) mass is 222 g/mol. The number of hydrogen-bond donors (Lipinski definition) is 1. The average Bonchev–Trinajstić information content (AvgIpc) is 2.31. The van der Waals surface area contributed by atoms with Crippen LogP contribution in [-0.2, 0) is 4.74 Å². The molecule has 1 N–H and O–H groups in total. The molecule has 1 aliphatic heterocycles. The van der Waals surface area contributed by atoms with Gasteiger partial charge in [0.25, 0.3) is 0 Å². The minimum atomic E-state index is 0.534. The lowest BCUT2D eigenvalue weighted by molar-refractivity contribution is 0.0258. The molecule has 0 saturated carbocycles. The predicted octanol–water partition coefficient (Wildman–Crippen LogP) is 1.48. The van der Waals surface area contributed by atoms with Crippen molar-refractivity contribution < 1.29 is 9.94 Å². The van der Waals surface area contributed by atoms with Crippen molar-refractivity contribution in [2.75, 3.05) is 38.0 Å². The van der Waals surface area contributed by atoms with Crippen molar-refractivity contribution in [1.82, 2.24) is 4.90 Å². The number of aryl methyl sites for hydroxylation is 1. The molecule has 4 nitrogen and oxygen atoms in total. The van der Waals surface area contributed by atoms with Crippen molar-refractivity contribution >= 4 is 5.69 Å². The fraction of sp³-hybridized carbons (Fsp3) is 0.500. The molecule has 1 aliphatic rings. The largest absolute Gasteiger partial charge is 0.379 e. The number of hydrogen-bond acceptors (Lipinski definition) is 4. The highest BCUT2D eigenvalue weighted by molar-refractivity contribution is 5.44.